The van der Waals surface area contributed by atoms with E-state index >= 15 is 0 Å². The second-order valence-corrected chi connectivity index (χ2v) is 5.36. The van der Waals surface area contributed by atoms with Crippen LogP contribution >= 0.6 is 15.9 Å². The lowest BCUT2D eigenvalue weighted by Crippen LogP contribution is -2.17. The van der Waals surface area contributed by atoms with Gasteiger partial charge in [0, 0.05) is 4.47 Å². The van der Waals surface area contributed by atoms with Gasteiger partial charge >= 0.3 is 5.97 Å². The first-order chi connectivity index (χ1) is 9.66. The molecule has 0 saturated carbocycles. The van der Waals surface area contributed by atoms with Crippen LogP contribution in [0.3, 0.4) is 0 Å². The molecule has 0 bridgehead atoms. The molecule has 0 aliphatic heterocycles. The van der Waals surface area contributed by atoms with Gasteiger partial charge < -0.3 is 9.84 Å². The lowest BCUT2D eigenvalue weighted by atomic mass is 10.0. The van der Waals surface area contributed by atoms with E-state index in [9.17, 15) is 9.90 Å². The van der Waals surface area contributed by atoms with Gasteiger partial charge in [0.1, 0.15) is 5.92 Å². The summed E-state index contributed by atoms with van der Waals surface area (Å²) in [4.78, 5) is 11.3. The van der Waals surface area contributed by atoms with Crippen LogP contribution in [0.15, 0.2) is 59.1 Å². The van der Waals surface area contributed by atoms with Crippen LogP contribution in [0.25, 0.3) is 0 Å². The molecule has 4 heteroatoms. The molecule has 0 fully saturated rings. The molecule has 0 amide bonds. The maximum Gasteiger partial charge on any atom is 0.313 e. The quantitative estimate of drug-likeness (QED) is 0.873. The molecule has 0 radical (unpaired) electrons. The van der Waals surface area contributed by atoms with Crippen LogP contribution in [0.5, 0.6) is 0 Å². The largest absolute Gasteiger partial charge is 0.481 e. The molecule has 1 atom stereocenters. The van der Waals surface area contributed by atoms with E-state index < -0.39 is 11.9 Å². The van der Waals surface area contributed by atoms with Gasteiger partial charge in [-0.25, -0.2) is 0 Å². The van der Waals surface area contributed by atoms with Crippen molar-refractivity contribution in [2.75, 3.05) is 6.61 Å². The Labute approximate surface area is 126 Å². The summed E-state index contributed by atoms with van der Waals surface area (Å²) in [6, 6.07) is 16.9. The van der Waals surface area contributed by atoms with Crippen molar-refractivity contribution in [2.45, 2.75) is 12.5 Å². The lowest BCUT2D eigenvalue weighted by molar-refractivity contribution is -0.140. The summed E-state index contributed by atoms with van der Waals surface area (Å²) in [6.45, 7) is 0.569. The zero-order valence-electron chi connectivity index (χ0n) is 10.8. The van der Waals surface area contributed by atoms with Gasteiger partial charge in [0.15, 0.2) is 0 Å². The Morgan fingerprint density at radius 3 is 2.35 bits per heavy atom. The van der Waals surface area contributed by atoms with Crippen molar-refractivity contribution in [1.82, 2.24) is 0 Å². The Morgan fingerprint density at radius 1 is 1.10 bits per heavy atom. The topological polar surface area (TPSA) is 46.5 Å². The van der Waals surface area contributed by atoms with Crippen molar-refractivity contribution in [1.29, 1.82) is 0 Å². The second kappa shape index (κ2) is 7.22. The Hall–Kier alpha value is -1.65. The Balaban J connectivity index is 1.93. The molecule has 2 aromatic carbocycles. The van der Waals surface area contributed by atoms with E-state index in [1.807, 2.05) is 54.6 Å². The molecule has 2 rings (SSSR count). The van der Waals surface area contributed by atoms with Crippen molar-refractivity contribution >= 4 is 21.9 Å². The van der Waals surface area contributed by atoms with E-state index in [4.69, 9.17) is 4.74 Å². The molecular weight excluding hydrogens is 320 g/mol. The van der Waals surface area contributed by atoms with E-state index in [2.05, 4.69) is 15.9 Å². The average molecular weight is 335 g/mol. The number of carboxylic acid groups (broad SMARTS) is 1. The van der Waals surface area contributed by atoms with Gasteiger partial charge in [0.05, 0.1) is 13.2 Å². The number of hydrogen-bond acceptors (Lipinski definition) is 2. The number of ether oxygens (including phenoxy) is 1. The average Bonchev–Trinajstić information content (AvgIpc) is 2.46. The van der Waals surface area contributed by atoms with Crippen LogP contribution in [-0.4, -0.2) is 17.7 Å². The van der Waals surface area contributed by atoms with Crippen LogP contribution in [0.1, 0.15) is 17.0 Å². The molecule has 1 N–H and O–H groups in total. The Kier molecular flexibility index (Phi) is 5.32. The fraction of sp³-hybridized carbons (Fsp3) is 0.188. The third-order valence-electron chi connectivity index (χ3n) is 2.97. The van der Waals surface area contributed by atoms with Gasteiger partial charge in [-0.3, -0.25) is 4.79 Å². The number of aliphatic carboxylic acids is 1. The van der Waals surface area contributed by atoms with Crippen LogP contribution in [0.4, 0.5) is 0 Å². The van der Waals surface area contributed by atoms with Crippen molar-refractivity contribution < 1.29 is 14.6 Å². The number of carbonyl (C=O) groups is 1. The van der Waals surface area contributed by atoms with Gasteiger partial charge in [-0.1, -0.05) is 58.4 Å². The van der Waals surface area contributed by atoms with Gasteiger partial charge in [0.25, 0.3) is 0 Å². The third-order valence-corrected chi connectivity index (χ3v) is 3.50. The summed E-state index contributed by atoms with van der Waals surface area (Å²) in [5.74, 6) is -1.50. The highest BCUT2D eigenvalue weighted by Gasteiger charge is 2.19. The Morgan fingerprint density at radius 2 is 1.75 bits per heavy atom. The van der Waals surface area contributed by atoms with Crippen molar-refractivity contribution in [3.63, 3.8) is 0 Å². The molecule has 0 spiro atoms. The molecule has 1 unspecified atom stereocenters. The molecule has 20 heavy (non-hydrogen) atoms. The normalized spacial score (nSPS) is 12.1. The first-order valence-electron chi connectivity index (χ1n) is 6.27. The molecule has 0 saturated heterocycles. The summed E-state index contributed by atoms with van der Waals surface area (Å²) in [5, 5.41) is 9.27. The number of rotatable bonds is 6. The monoisotopic (exact) mass is 334 g/mol. The predicted molar refractivity (Wildman–Crippen MR) is 80.6 cm³/mol. The van der Waals surface area contributed by atoms with Crippen molar-refractivity contribution in [2.24, 2.45) is 0 Å². The fourth-order valence-corrected chi connectivity index (χ4v) is 2.14. The molecule has 104 valence electrons. The summed E-state index contributed by atoms with van der Waals surface area (Å²) >= 11 is 3.37. The molecule has 2 aromatic rings. The zero-order valence-corrected chi connectivity index (χ0v) is 12.4. The highest BCUT2D eigenvalue weighted by atomic mass is 79.9. The minimum atomic E-state index is -0.869. The summed E-state index contributed by atoms with van der Waals surface area (Å²) in [6.07, 6.45) is 0. The standard InChI is InChI=1S/C16H15BrO3/c17-14-8-6-12(7-9-14)10-20-11-15(16(18)19)13-4-2-1-3-5-13/h1-9,15H,10-11H2,(H,18,19). The smallest absolute Gasteiger partial charge is 0.313 e. The van der Waals surface area contributed by atoms with E-state index in [0.29, 0.717) is 6.61 Å². The molecule has 0 aliphatic rings. The highest BCUT2D eigenvalue weighted by molar-refractivity contribution is 9.10. The molecule has 0 aromatic heterocycles. The van der Waals surface area contributed by atoms with Crippen LogP contribution in [-0.2, 0) is 16.1 Å². The van der Waals surface area contributed by atoms with Crippen molar-refractivity contribution in [3.05, 3.63) is 70.2 Å². The lowest BCUT2D eigenvalue weighted by Gasteiger charge is -2.13. The number of carboxylic acids is 1. The fourth-order valence-electron chi connectivity index (χ4n) is 1.87. The summed E-state index contributed by atoms with van der Waals surface area (Å²) < 4.78 is 6.55. The third kappa shape index (κ3) is 4.18. The number of hydrogen-bond donors (Lipinski definition) is 1. The summed E-state index contributed by atoms with van der Waals surface area (Å²) in [5.41, 5.74) is 1.78. The Bertz CT molecular complexity index is 552. The van der Waals surface area contributed by atoms with Gasteiger partial charge in [-0.05, 0) is 23.3 Å². The SMILES string of the molecule is O=C(O)C(COCc1ccc(Br)cc1)c1ccccc1. The van der Waals surface area contributed by atoms with E-state index in [0.717, 1.165) is 15.6 Å². The second-order valence-electron chi connectivity index (χ2n) is 4.44. The van der Waals surface area contributed by atoms with Crippen molar-refractivity contribution in [3.8, 4) is 0 Å². The zero-order chi connectivity index (χ0) is 14.4. The van der Waals surface area contributed by atoms with Gasteiger partial charge in [0.2, 0.25) is 0 Å². The van der Waals surface area contributed by atoms with E-state index in [1.165, 1.54) is 0 Å². The van der Waals surface area contributed by atoms with Gasteiger partial charge in [-0.15, -0.1) is 0 Å². The molecule has 0 aliphatic carbocycles. The molecule has 3 nitrogen and oxygen atoms in total. The minimum absolute atomic E-state index is 0.162. The maximum atomic E-state index is 11.3. The molecule has 0 heterocycles. The summed E-state index contributed by atoms with van der Waals surface area (Å²) in [7, 11) is 0. The molecular formula is C16H15BrO3. The van der Waals surface area contributed by atoms with Crippen LogP contribution in [0, 0.1) is 0 Å². The predicted octanol–water partition coefficient (Wildman–Crippen LogP) is 3.83. The first kappa shape index (κ1) is 14.8. The maximum absolute atomic E-state index is 11.3. The van der Waals surface area contributed by atoms with E-state index in [-0.39, 0.29) is 6.61 Å². The number of benzene rings is 2. The minimum Gasteiger partial charge on any atom is -0.481 e. The van der Waals surface area contributed by atoms with E-state index in [1.54, 1.807) is 0 Å². The highest BCUT2D eigenvalue weighted by Crippen LogP contribution is 2.17. The van der Waals surface area contributed by atoms with Crippen LogP contribution in [0.2, 0.25) is 0 Å². The van der Waals surface area contributed by atoms with Crippen LogP contribution < -0.4 is 0 Å². The number of halogens is 1. The first-order valence-corrected chi connectivity index (χ1v) is 7.06. The van der Waals surface area contributed by atoms with Gasteiger partial charge in [-0.2, -0.15) is 0 Å².